The van der Waals surface area contributed by atoms with Gasteiger partial charge in [-0.1, -0.05) is 42.8 Å². The van der Waals surface area contributed by atoms with Gasteiger partial charge >= 0.3 is 0 Å². The van der Waals surface area contributed by atoms with Crippen LogP contribution in [-0.4, -0.2) is 25.5 Å². The summed E-state index contributed by atoms with van der Waals surface area (Å²) < 4.78 is 2.97. The molecule has 0 saturated carbocycles. The second kappa shape index (κ2) is 8.35. The number of fused-ring (bicyclic) bond motifs is 1. The van der Waals surface area contributed by atoms with Crippen LogP contribution in [0.25, 0.3) is 16.6 Å². The molecule has 4 aromatic rings. The monoisotopic (exact) mass is 435 g/mol. The number of rotatable bonds is 5. The number of hydrogen-bond donors (Lipinski definition) is 1. The highest BCUT2D eigenvalue weighted by atomic mass is 35.5. The van der Waals surface area contributed by atoms with Gasteiger partial charge in [-0.15, -0.1) is 0 Å². The average Bonchev–Trinajstić information content (AvgIpc) is 3.11. The molecule has 0 radical (unpaired) electrons. The van der Waals surface area contributed by atoms with Gasteiger partial charge in [0.1, 0.15) is 6.04 Å². The summed E-state index contributed by atoms with van der Waals surface area (Å²) in [6, 6.07) is 15.7. The van der Waals surface area contributed by atoms with E-state index in [0.29, 0.717) is 33.7 Å². The van der Waals surface area contributed by atoms with Gasteiger partial charge in [-0.05, 0) is 50.6 Å². The zero-order valence-electron chi connectivity index (χ0n) is 17.5. The van der Waals surface area contributed by atoms with Crippen molar-refractivity contribution in [2.24, 2.45) is 0 Å². The van der Waals surface area contributed by atoms with Gasteiger partial charge in [0.05, 0.1) is 22.5 Å². The zero-order valence-corrected chi connectivity index (χ0v) is 18.2. The van der Waals surface area contributed by atoms with E-state index >= 15 is 0 Å². The second-order valence-corrected chi connectivity index (χ2v) is 7.75. The number of para-hydroxylation sites is 1. The smallest absolute Gasteiger partial charge is 0.295 e. The van der Waals surface area contributed by atoms with E-state index in [1.165, 1.54) is 4.68 Å². The first-order valence-electron chi connectivity index (χ1n) is 10.0. The minimum atomic E-state index is -0.781. The first-order valence-corrected chi connectivity index (χ1v) is 10.4. The summed E-state index contributed by atoms with van der Waals surface area (Å²) in [7, 11) is 0. The lowest BCUT2D eigenvalue weighted by Crippen LogP contribution is -2.35. The third kappa shape index (κ3) is 3.84. The van der Waals surface area contributed by atoms with Crippen LogP contribution in [0, 0.1) is 13.8 Å². The Morgan fingerprint density at radius 3 is 2.52 bits per heavy atom. The molecule has 0 aliphatic carbocycles. The van der Waals surface area contributed by atoms with E-state index < -0.39 is 11.6 Å². The molecule has 7 nitrogen and oxygen atoms in total. The zero-order chi connectivity index (χ0) is 22.1. The molecule has 2 aromatic carbocycles. The lowest BCUT2D eigenvalue weighted by Gasteiger charge is -2.17. The Morgan fingerprint density at radius 1 is 1.10 bits per heavy atom. The minimum absolute atomic E-state index is 0.294. The molecule has 0 saturated heterocycles. The number of benzene rings is 2. The molecular formula is C23H22ClN5O2. The van der Waals surface area contributed by atoms with Gasteiger partial charge in [0.25, 0.3) is 5.56 Å². The normalized spacial score (nSPS) is 12.1. The molecule has 0 unspecified atom stereocenters. The summed E-state index contributed by atoms with van der Waals surface area (Å²) in [4.78, 5) is 26.3. The molecule has 0 fully saturated rings. The van der Waals surface area contributed by atoms with E-state index in [0.717, 1.165) is 11.4 Å². The van der Waals surface area contributed by atoms with Crippen LogP contribution in [0.2, 0.25) is 5.02 Å². The first kappa shape index (κ1) is 20.8. The largest absolute Gasteiger partial charge is 0.324 e. The molecular weight excluding hydrogens is 414 g/mol. The van der Waals surface area contributed by atoms with Gasteiger partial charge in [-0.25, -0.2) is 9.36 Å². The summed E-state index contributed by atoms with van der Waals surface area (Å²) in [5.41, 5.74) is 2.78. The highest BCUT2D eigenvalue weighted by Crippen LogP contribution is 2.23. The number of amides is 1. The van der Waals surface area contributed by atoms with Crippen LogP contribution in [0.3, 0.4) is 0 Å². The van der Waals surface area contributed by atoms with Gasteiger partial charge < -0.3 is 5.32 Å². The van der Waals surface area contributed by atoms with Crippen LogP contribution in [0.4, 0.5) is 5.69 Å². The number of hydrogen-bond acceptors (Lipinski definition) is 4. The van der Waals surface area contributed by atoms with Crippen molar-refractivity contribution >= 4 is 34.1 Å². The fraction of sp³-hybridized carbons (Fsp3) is 0.217. The molecule has 2 aromatic heterocycles. The average molecular weight is 436 g/mol. The number of aromatic nitrogens is 4. The van der Waals surface area contributed by atoms with Crippen molar-refractivity contribution in [2.45, 2.75) is 33.2 Å². The maximum absolute atomic E-state index is 13.3. The van der Waals surface area contributed by atoms with E-state index in [1.54, 1.807) is 28.9 Å². The quantitative estimate of drug-likeness (QED) is 0.502. The fourth-order valence-electron chi connectivity index (χ4n) is 3.74. The Kier molecular flexibility index (Phi) is 5.61. The number of nitrogens with one attached hydrogen (secondary N) is 1. The molecule has 0 bridgehead atoms. The molecule has 31 heavy (non-hydrogen) atoms. The van der Waals surface area contributed by atoms with Crippen LogP contribution < -0.4 is 10.9 Å². The lowest BCUT2D eigenvalue weighted by molar-refractivity contribution is -0.119. The molecule has 8 heteroatoms. The molecule has 0 spiro atoms. The van der Waals surface area contributed by atoms with Crippen molar-refractivity contribution in [1.82, 2.24) is 19.6 Å². The lowest BCUT2D eigenvalue weighted by atomic mass is 10.2. The van der Waals surface area contributed by atoms with Crippen molar-refractivity contribution in [2.75, 3.05) is 5.32 Å². The van der Waals surface area contributed by atoms with Gasteiger partial charge in [-0.2, -0.15) is 10.2 Å². The fourth-order valence-corrected chi connectivity index (χ4v) is 3.93. The van der Waals surface area contributed by atoms with Gasteiger partial charge in [-0.3, -0.25) is 9.59 Å². The van der Waals surface area contributed by atoms with Crippen LogP contribution in [0.1, 0.15) is 30.8 Å². The predicted molar refractivity (Wildman–Crippen MR) is 122 cm³/mol. The number of halogens is 1. The van der Waals surface area contributed by atoms with Crippen LogP contribution in [0.15, 0.2) is 59.4 Å². The predicted octanol–water partition coefficient (Wildman–Crippen LogP) is 4.44. The van der Waals surface area contributed by atoms with Crippen molar-refractivity contribution in [3.05, 3.63) is 81.4 Å². The SMILES string of the molecule is CC[C@H](C(=O)Nc1cccc(Cl)c1)n1nc(C)c2c(C)n(-c3ccccc3)nc2c1=O. The van der Waals surface area contributed by atoms with E-state index in [4.69, 9.17) is 11.6 Å². The second-order valence-electron chi connectivity index (χ2n) is 7.32. The standard InChI is InChI=1S/C23H22ClN5O2/c1-4-19(22(30)25-17-10-8-9-16(24)13-17)29-23(31)21-20(14(2)26-29)15(3)28(27-21)18-11-6-5-7-12-18/h5-13,19H,4H2,1-3H3,(H,25,30)/t19-/m1/s1. The van der Waals surface area contributed by atoms with Gasteiger partial charge in [0.2, 0.25) is 5.91 Å². The third-order valence-corrected chi connectivity index (χ3v) is 5.46. The Balaban J connectivity index is 1.79. The molecule has 0 aliphatic rings. The summed E-state index contributed by atoms with van der Waals surface area (Å²) >= 11 is 6.01. The summed E-state index contributed by atoms with van der Waals surface area (Å²) in [5, 5.41) is 13.1. The number of aryl methyl sites for hydroxylation is 2. The molecule has 158 valence electrons. The molecule has 2 heterocycles. The maximum Gasteiger partial charge on any atom is 0.295 e. The minimum Gasteiger partial charge on any atom is -0.324 e. The van der Waals surface area contributed by atoms with Crippen molar-refractivity contribution in [3.8, 4) is 5.69 Å². The molecule has 1 atom stereocenters. The molecule has 0 aliphatic heterocycles. The van der Waals surface area contributed by atoms with E-state index in [-0.39, 0.29) is 5.91 Å². The number of nitrogens with zero attached hydrogens (tertiary/aromatic N) is 4. The molecule has 1 N–H and O–H groups in total. The van der Waals surface area contributed by atoms with Gasteiger partial charge in [0, 0.05) is 10.7 Å². The summed E-state index contributed by atoms with van der Waals surface area (Å²) in [6.07, 6.45) is 0.391. The van der Waals surface area contributed by atoms with Crippen LogP contribution in [-0.2, 0) is 4.79 Å². The first-order chi connectivity index (χ1) is 14.9. The maximum atomic E-state index is 13.3. The highest BCUT2D eigenvalue weighted by molar-refractivity contribution is 6.30. The number of anilines is 1. The Bertz CT molecular complexity index is 1330. The molecule has 1 amide bonds. The molecule has 4 rings (SSSR count). The Hall–Kier alpha value is -3.45. The van der Waals surface area contributed by atoms with Crippen LogP contribution >= 0.6 is 11.6 Å². The Labute approximate surface area is 184 Å². The van der Waals surface area contributed by atoms with Crippen LogP contribution in [0.5, 0.6) is 0 Å². The number of carbonyl (C=O) groups is 1. The van der Waals surface area contributed by atoms with Crippen molar-refractivity contribution in [1.29, 1.82) is 0 Å². The van der Waals surface area contributed by atoms with Crippen molar-refractivity contribution < 1.29 is 4.79 Å². The summed E-state index contributed by atoms with van der Waals surface area (Å²) in [6.45, 7) is 5.57. The van der Waals surface area contributed by atoms with E-state index in [2.05, 4.69) is 15.5 Å². The third-order valence-electron chi connectivity index (χ3n) is 5.22. The van der Waals surface area contributed by atoms with Gasteiger partial charge in [0.15, 0.2) is 5.52 Å². The van der Waals surface area contributed by atoms with E-state index in [1.807, 2.05) is 51.1 Å². The highest BCUT2D eigenvalue weighted by Gasteiger charge is 2.25. The topological polar surface area (TPSA) is 81.8 Å². The van der Waals surface area contributed by atoms with Crippen molar-refractivity contribution in [3.63, 3.8) is 0 Å². The van der Waals surface area contributed by atoms with E-state index in [9.17, 15) is 9.59 Å². The Morgan fingerprint density at radius 2 is 1.84 bits per heavy atom. The summed E-state index contributed by atoms with van der Waals surface area (Å²) in [5.74, 6) is -0.336. The number of carbonyl (C=O) groups excluding carboxylic acids is 1.